The molecule has 2 aromatic carbocycles. The maximum Gasteiger partial charge on any atom is 0.0878 e. The van der Waals surface area contributed by atoms with Gasteiger partial charge in [0.1, 0.15) is 0 Å². The van der Waals surface area contributed by atoms with E-state index in [1.165, 1.54) is 22.3 Å². The summed E-state index contributed by atoms with van der Waals surface area (Å²) >= 11 is 13.5. The van der Waals surface area contributed by atoms with E-state index in [1.54, 1.807) is 0 Å². The Hall–Kier alpha value is -1.28. The number of halogens is 2. The van der Waals surface area contributed by atoms with Gasteiger partial charge in [-0.05, 0) is 22.3 Å². The second-order valence-electron chi connectivity index (χ2n) is 6.00. The molecule has 0 fully saturated rings. The fourth-order valence-corrected chi connectivity index (χ4v) is 6.17. The number of benzene rings is 2. The van der Waals surface area contributed by atoms with Crippen LogP contribution >= 0.6 is 23.2 Å². The van der Waals surface area contributed by atoms with Crippen molar-refractivity contribution >= 4 is 44.9 Å². The first-order chi connectivity index (χ1) is 11.2. The molecule has 4 unspecified atom stereocenters. The van der Waals surface area contributed by atoms with E-state index < -0.39 is 0 Å². The molecule has 23 heavy (non-hydrogen) atoms. The second kappa shape index (κ2) is 6.31. The Morgan fingerprint density at radius 3 is 1.61 bits per heavy atom. The summed E-state index contributed by atoms with van der Waals surface area (Å²) in [6.07, 6.45) is 8.79. The maximum atomic E-state index is 6.77. The third kappa shape index (κ3) is 2.82. The number of alkyl halides is 2. The Bertz CT molecular complexity index is 715. The van der Waals surface area contributed by atoms with Gasteiger partial charge in [-0.1, -0.05) is 72.8 Å². The largest absolute Gasteiger partial charge is 0.126 e. The first-order valence-corrected chi connectivity index (χ1v) is 9.85. The molecule has 2 aliphatic carbocycles. The van der Waals surface area contributed by atoms with Crippen molar-refractivity contribution in [2.75, 3.05) is 0 Å². The van der Waals surface area contributed by atoms with Crippen molar-refractivity contribution in [3.05, 3.63) is 82.9 Å². The highest BCUT2D eigenvalue weighted by Gasteiger charge is 2.31. The normalized spacial score (nSPS) is 23.6. The van der Waals surface area contributed by atoms with Crippen molar-refractivity contribution in [2.24, 2.45) is 0 Å². The summed E-state index contributed by atoms with van der Waals surface area (Å²) in [6.45, 7) is 0. The minimum atomic E-state index is 0.0403. The molecule has 3 heteroatoms. The van der Waals surface area contributed by atoms with Crippen molar-refractivity contribution in [2.45, 2.75) is 21.8 Å². The predicted molar refractivity (Wildman–Crippen MR) is 101 cm³/mol. The summed E-state index contributed by atoms with van der Waals surface area (Å²) in [5.74, 6) is 0.543. The number of hydrogen-bond acceptors (Lipinski definition) is 0. The molecular weight excluding hydrogens is 339 g/mol. The van der Waals surface area contributed by atoms with Gasteiger partial charge in [0.05, 0.1) is 9.52 Å². The van der Waals surface area contributed by atoms with Crippen LogP contribution in [0.3, 0.4) is 0 Å². The van der Waals surface area contributed by atoms with Gasteiger partial charge in [0.25, 0.3) is 0 Å². The molecular formula is C20H16Cl2Si. The van der Waals surface area contributed by atoms with Crippen molar-refractivity contribution < 1.29 is 0 Å². The molecule has 0 saturated carbocycles. The van der Waals surface area contributed by atoms with E-state index in [0.29, 0.717) is 9.52 Å². The minimum Gasteiger partial charge on any atom is -0.126 e. The molecule has 0 nitrogen and oxygen atoms in total. The molecule has 114 valence electrons. The monoisotopic (exact) mass is 354 g/mol. The smallest absolute Gasteiger partial charge is 0.0878 e. The standard InChI is InChI=1S/C20H16Cl2Si/c21-19(17-11-9-13-5-1-3-7-15(13)17)23-20(22)18-12-10-14-6-2-4-8-16(14)18/h1-12,17-20H. The maximum absolute atomic E-state index is 6.77. The van der Waals surface area contributed by atoms with Crippen LogP contribution in [0.15, 0.2) is 60.7 Å². The average molecular weight is 355 g/mol. The Labute approximate surface area is 149 Å². The van der Waals surface area contributed by atoms with Gasteiger partial charge in [0.2, 0.25) is 0 Å². The van der Waals surface area contributed by atoms with E-state index in [9.17, 15) is 0 Å². The Morgan fingerprint density at radius 2 is 1.13 bits per heavy atom. The van der Waals surface area contributed by atoms with Gasteiger partial charge in [-0.2, -0.15) is 0 Å². The van der Waals surface area contributed by atoms with Gasteiger partial charge in [-0.25, -0.2) is 0 Å². The first kappa shape index (κ1) is 15.3. The van der Waals surface area contributed by atoms with E-state index >= 15 is 0 Å². The van der Waals surface area contributed by atoms with Gasteiger partial charge >= 0.3 is 0 Å². The molecule has 0 saturated heterocycles. The molecule has 2 aromatic rings. The van der Waals surface area contributed by atoms with Crippen molar-refractivity contribution in [1.82, 2.24) is 0 Å². The Morgan fingerprint density at radius 1 is 0.696 bits per heavy atom. The highest BCUT2D eigenvalue weighted by molar-refractivity contribution is 6.63. The van der Waals surface area contributed by atoms with Crippen LogP contribution in [0, 0.1) is 0 Å². The van der Waals surface area contributed by atoms with Crippen LogP contribution in [0.1, 0.15) is 34.1 Å². The van der Waals surface area contributed by atoms with Crippen LogP contribution in [0.25, 0.3) is 12.2 Å². The summed E-state index contributed by atoms with van der Waals surface area (Å²) in [5.41, 5.74) is 5.22. The lowest BCUT2D eigenvalue weighted by atomic mass is 10.0. The van der Waals surface area contributed by atoms with E-state index in [1.807, 2.05) is 0 Å². The van der Waals surface area contributed by atoms with Gasteiger partial charge in [-0.15, -0.1) is 23.2 Å². The van der Waals surface area contributed by atoms with Gasteiger partial charge in [0.15, 0.2) is 0 Å². The van der Waals surface area contributed by atoms with E-state index in [-0.39, 0.29) is 21.8 Å². The van der Waals surface area contributed by atoms with Crippen LogP contribution < -0.4 is 0 Å². The average Bonchev–Trinajstić information content (AvgIpc) is 3.19. The molecule has 0 amide bonds. The van der Waals surface area contributed by atoms with Crippen LogP contribution in [0.4, 0.5) is 0 Å². The van der Waals surface area contributed by atoms with Crippen molar-refractivity contribution in [3.8, 4) is 0 Å². The number of fused-ring (bicyclic) bond motifs is 2. The second-order valence-corrected chi connectivity index (χ2v) is 9.25. The molecule has 0 N–H and O–H groups in total. The number of hydrogen-bond donors (Lipinski definition) is 0. The van der Waals surface area contributed by atoms with Gasteiger partial charge < -0.3 is 0 Å². The molecule has 0 spiro atoms. The third-order valence-corrected chi connectivity index (χ3v) is 7.28. The van der Waals surface area contributed by atoms with Crippen LogP contribution in [0.2, 0.25) is 0 Å². The third-order valence-electron chi connectivity index (χ3n) is 4.63. The van der Waals surface area contributed by atoms with Crippen LogP contribution in [-0.2, 0) is 0 Å². The van der Waals surface area contributed by atoms with E-state index in [0.717, 1.165) is 0 Å². The SMILES string of the molecule is ClC([Si]C(Cl)C1C=Cc2ccccc21)C1C=Cc2ccccc21. The van der Waals surface area contributed by atoms with Gasteiger partial charge in [-0.3, -0.25) is 0 Å². The summed E-state index contributed by atoms with van der Waals surface area (Å²) in [7, 11) is 0.500. The molecule has 2 aliphatic rings. The summed E-state index contributed by atoms with van der Waals surface area (Å²) in [5, 5.41) is 0.0807. The lowest BCUT2D eigenvalue weighted by Gasteiger charge is -2.23. The molecule has 0 aromatic heterocycles. The zero-order chi connectivity index (χ0) is 15.8. The molecule has 2 radical (unpaired) electrons. The molecule has 4 atom stereocenters. The minimum absolute atomic E-state index is 0.0403. The zero-order valence-corrected chi connectivity index (χ0v) is 15.0. The van der Waals surface area contributed by atoms with Gasteiger partial charge in [0, 0.05) is 21.8 Å². The number of allylic oxidation sites excluding steroid dienone is 2. The van der Waals surface area contributed by atoms with Crippen molar-refractivity contribution in [3.63, 3.8) is 0 Å². The zero-order valence-electron chi connectivity index (χ0n) is 12.5. The molecule has 0 aliphatic heterocycles. The topological polar surface area (TPSA) is 0 Å². The quantitative estimate of drug-likeness (QED) is 0.506. The van der Waals surface area contributed by atoms with Crippen LogP contribution in [-0.4, -0.2) is 19.5 Å². The van der Waals surface area contributed by atoms with Crippen LogP contribution in [0.5, 0.6) is 0 Å². The highest BCUT2D eigenvalue weighted by Crippen LogP contribution is 2.38. The summed E-state index contributed by atoms with van der Waals surface area (Å²) in [4.78, 5) is 0. The molecule has 4 rings (SSSR count). The van der Waals surface area contributed by atoms with Crippen molar-refractivity contribution in [1.29, 1.82) is 0 Å². The number of rotatable bonds is 4. The summed E-state index contributed by atoms with van der Waals surface area (Å²) in [6, 6.07) is 16.9. The molecule has 0 bridgehead atoms. The predicted octanol–water partition coefficient (Wildman–Crippen LogP) is 5.44. The lowest BCUT2D eigenvalue weighted by molar-refractivity contribution is 0.889. The Balaban J connectivity index is 1.49. The van der Waals surface area contributed by atoms with E-state index in [2.05, 4.69) is 72.8 Å². The fraction of sp³-hybridized carbons (Fsp3) is 0.200. The van der Waals surface area contributed by atoms with E-state index in [4.69, 9.17) is 23.2 Å². The lowest BCUT2D eigenvalue weighted by Crippen LogP contribution is -2.29. The molecule has 0 heterocycles. The fourth-order valence-electron chi connectivity index (χ4n) is 3.42. The highest BCUT2D eigenvalue weighted by atomic mass is 35.5. The Kier molecular flexibility index (Phi) is 4.19. The first-order valence-electron chi connectivity index (χ1n) is 7.82. The summed E-state index contributed by atoms with van der Waals surface area (Å²) < 4.78 is 0.